The monoisotopic (exact) mass is 361 g/mol. The molecular formula is C17H13ClFN3O3. The number of carbonyl (C=O) groups excluding carboxylic acids is 2. The molecule has 0 aliphatic rings. The van der Waals surface area contributed by atoms with E-state index in [0.717, 1.165) is 0 Å². The van der Waals surface area contributed by atoms with Gasteiger partial charge in [-0.25, -0.2) is 4.39 Å². The zero-order chi connectivity index (χ0) is 17.8. The number of nitrogens with zero attached hydrogens (tertiary/aromatic N) is 1. The van der Waals surface area contributed by atoms with Crippen LogP contribution in [0.15, 0.2) is 46.9 Å². The van der Waals surface area contributed by atoms with Crippen molar-refractivity contribution in [2.24, 2.45) is 0 Å². The number of carbonyl (C=O) groups is 2. The first-order valence-corrected chi connectivity index (χ1v) is 7.79. The molecule has 0 fully saturated rings. The third kappa shape index (κ3) is 4.13. The largest absolute Gasteiger partial charge is 0.428 e. The summed E-state index contributed by atoms with van der Waals surface area (Å²) in [4.78, 5) is 27.8. The average molecular weight is 362 g/mol. The Labute approximate surface area is 147 Å². The lowest BCUT2D eigenvalue weighted by molar-refractivity contribution is -0.116. The molecule has 1 heterocycles. The summed E-state index contributed by atoms with van der Waals surface area (Å²) in [7, 11) is 0. The highest BCUT2D eigenvalue weighted by Gasteiger charge is 2.11. The quantitative estimate of drug-likeness (QED) is 0.729. The Hall–Kier alpha value is -2.93. The number of halogens is 2. The van der Waals surface area contributed by atoms with Crippen LogP contribution in [-0.4, -0.2) is 23.3 Å². The van der Waals surface area contributed by atoms with Gasteiger partial charge in [0.2, 0.25) is 5.91 Å². The Bertz CT molecular complexity index is 942. The van der Waals surface area contributed by atoms with Gasteiger partial charge in [-0.15, -0.1) is 0 Å². The van der Waals surface area contributed by atoms with Crippen LogP contribution in [0.1, 0.15) is 16.8 Å². The molecule has 0 bridgehead atoms. The van der Waals surface area contributed by atoms with Gasteiger partial charge in [-0.3, -0.25) is 9.59 Å². The van der Waals surface area contributed by atoms with E-state index >= 15 is 0 Å². The Kier molecular flexibility index (Phi) is 4.95. The second kappa shape index (κ2) is 7.31. The number of benzene rings is 2. The second-order valence-corrected chi connectivity index (χ2v) is 5.51. The standard InChI is InChI=1S/C17H13ClFN3O3/c18-17-22-13-9-10(5-6-14(13)25-17)16(24)20-8-7-15(23)21-12-4-2-1-3-11(12)19/h1-6,9H,7-8H2,(H,20,24)(H,21,23). The highest BCUT2D eigenvalue weighted by molar-refractivity contribution is 6.28. The summed E-state index contributed by atoms with van der Waals surface area (Å²) in [5.41, 5.74) is 1.42. The van der Waals surface area contributed by atoms with E-state index in [9.17, 15) is 14.0 Å². The molecule has 3 rings (SSSR count). The number of fused-ring (bicyclic) bond motifs is 1. The Morgan fingerprint density at radius 1 is 1.20 bits per heavy atom. The molecule has 0 spiro atoms. The van der Waals surface area contributed by atoms with Crippen molar-refractivity contribution in [3.05, 3.63) is 59.2 Å². The highest BCUT2D eigenvalue weighted by atomic mass is 35.5. The van der Waals surface area contributed by atoms with E-state index in [0.29, 0.717) is 16.7 Å². The maximum atomic E-state index is 13.4. The molecule has 2 amide bonds. The molecule has 1 aromatic heterocycles. The summed E-state index contributed by atoms with van der Waals surface area (Å²) >= 11 is 5.66. The van der Waals surface area contributed by atoms with Crippen LogP contribution in [0, 0.1) is 5.82 Å². The molecular weight excluding hydrogens is 349 g/mol. The smallest absolute Gasteiger partial charge is 0.293 e. The fraction of sp³-hybridized carbons (Fsp3) is 0.118. The molecule has 8 heteroatoms. The van der Waals surface area contributed by atoms with Crippen LogP contribution in [0.3, 0.4) is 0 Å². The number of hydrogen-bond acceptors (Lipinski definition) is 4. The normalized spacial score (nSPS) is 10.6. The SMILES string of the molecule is O=C(CCNC(=O)c1ccc2oc(Cl)nc2c1)Nc1ccccc1F. The summed E-state index contributed by atoms with van der Waals surface area (Å²) < 4.78 is 18.6. The molecule has 128 valence electrons. The predicted molar refractivity (Wildman–Crippen MR) is 91.0 cm³/mol. The summed E-state index contributed by atoms with van der Waals surface area (Å²) in [6, 6.07) is 10.6. The van der Waals surface area contributed by atoms with Crippen molar-refractivity contribution in [2.45, 2.75) is 6.42 Å². The fourth-order valence-corrected chi connectivity index (χ4v) is 2.38. The summed E-state index contributed by atoms with van der Waals surface area (Å²) in [6.45, 7) is 0.108. The topological polar surface area (TPSA) is 84.2 Å². The van der Waals surface area contributed by atoms with Gasteiger partial charge in [0.25, 0.3) is 11.3 Å². The Morgan fingerprint density at radius 2 is 2.00 bits per heavy atom. The molecule has 6 nitrogen and oxygen atoms in total. The molecule has 2 aromatic carbocycles. The van der Waals surface area contributed by atoms with E-state index in [1.807, 2.05) is 0 Å². The van der Waals surface area contributed by atoms with Crippen molar-refractivity contribution in [1.29, 1.82) is 0 Å². The fourth-order valence-electron chi connectivity index (χ4n) is 2.21. The number of oxazole rings is 1. The third-order valence-electron chi connectivity index (χ3n) is 3.41. The number of anilines is 1. The van der Waals surface area contributed by atoms with Crippen molar-refractivity contribution in [1.82, 2.24) is 10.3 Å². The van der Waals surface area contributed by atoms with Crippen molar-refractivity contribution >= 4 is 40.2 Å². The highest BCUT2D eigenvalue weighted by Crippen LogP contribution is 2.20. The van der Waals surface area contributed by atoms with E-state index in [2.05, 4.69) is 15.6 Å². The Morgan fingerprint density at radius 3 is 2.80 bits per heavy atom. The number of hydrogen-bond donors (Lipinski definition) is 2. The minimum atomic E-state index is -0.514. The number of amides is 2. The van der Waals surface area contributed by atoms with Crippen LogP contribution < -0.4 is 10.6 Å². The molecule has 0 atom stereocenters. The number of aromatic nitrogens is 1. The molecule has 0 saturated carbocycles. The van der Waals surface area contributed by atoms with Crippen LogP contribution >= 0.6 is 11.6 Å². The van der Waals surface area contributed by atoms with E-state index in [4.69, 9.17) is 16.0 Å². The summed E-state index contributed by atoms with van der Waals surface area (Å²) in [5, 5.41) is 5.06. The molecule has 2 N–H and O–H groups in total. The van der Waals surface area contributed by atoms with E-state index < -0.39 is 11.7 Å². The first-order valence-electron chi connectivity index (χ1n) is 7.41. The lowest BCUT2D eigenvalue weighted by Gasteiger charge is -2.07. The molecule has 25 heavy (non-hydrogen) atoms. The predicted octanol–water partition coefficient (Wildman–Crippen LogP) is 3.38. The van der Waals surface area contributed by atoms with Gasteiger partial charge in [0, 0.05) is 18.5 Å². The van der Waals surface area contributed by atoms with Crippen LogP contribution in [0.5, 0.6) is 0 Å². The van der Waals surface area contributed by atoms with Gasteiger partial charge >= 0.3 is 0 Å². The summed E-state index contributed by atoms with van der Waals surface area (Å²) in [6.07, 6.45) is 0.0120. The van der Waals surface area contributed by atoms with Gasteiger partial charge in [0.05, 0.1) is 5.69 Å². The van der Waals surface area contributed by atoms with Gasteiger partial charge in [-0.2, -0.15) is 4.98 Å². The molecule has 0 unspecified atom stereocenters. The average Bonchev–Trinajstić information content (AvgIpc) is 2.96. The molecule has 0 saturated heterocycles. The minimum absolute atomic E-state index is 0.00243. The van der Waals surface area contributed by atoms with E-state index in [1.165, 1.54) is 18.2 Å². The van der Waals surface area contributed by atoms with Crippen molar-refractivity contribution in [3.63, 3.8) is 0 Å². The number of nitrogens with one attached hydrogen (secondary N) is 2. The van der Waals surface area contributed by atoms with Crippen LogP contribution in [-0.2, 0) is 4.79 Å². The van der Waals surface area contributed by atoms with Gasteiger partial charge in [-0.1, -0.05) is 12.1 Å². The minimum Gasteiger partial charge on any atom is -0.428 e. The molecule has 0 aliphatic heterocycles. The maximum Gasteiger partial charge on any atom is 0.293 e. The lowest BCUT2D eigenvalue weighted by atomic mass is 10.2. The van der Waals surface area contributed by atoms with Crippen LogP contribution in [0.25, 0.3) is 11.1 Å². The molecule has 3 aromatic rings. The molecule has 0 aliphatic carbocycles. The number of para-hydroxylation sites is 1. The Balaban J connectivity index is 1.53. The number of rotatable bonds is 5. The van der Waals surface area contributed by atoms with Crippen LogP contribution in [0.2, 0.25) is 5.35 Å². The van der Waals surface area contributed by atoms with Gasteiger partial charge in [0.15, 0.2) is 5.58 Å². The van der Waals surface area contributed by atoms with E-state index in [-0.39, 0.29) is 29.9 Å². The zero-order valence-electron chi connectivity index (χ0n) is 12.9. The first kappa shape index (κ1) is 16.9. The second-order valence-electron chi connectivity index (χ2n) is 5.18. The van der Waals surface area contributed by atoms with Crippen molar-refractivity contribution in [2.75, 3.05) is 11.9 Å². The molecule has 0 radical (unpaired) electrons. The van der Waals surface area contributed by atoms with Gasteiger partial charge < -0.3 is 15.1 Å². The van der Waals surface area contributed by atoms with Crippen molar-refractivity contribution in [3.8, 4) is 0 Å². The maximum absolute atomic E-state index is 13.4. The van der Waals surface area contributed by atoms with E-state index in [1.54, 1.807) is 24.3 Å². The first-order chi connectivity index (χ1) is 12.0. The third-order valence-corrected chi connectivity index (χ3v) is 3.57. The summed E-state index contributed by atoms with van der Waals surface area (Å²) in [5.74, 6) is -1.27. The zero-order valence-corrected chi connectivity index (χ0v) is 13.6. The lowest BCUT2D eigenvalue weighted by Crippen LogP contribution is -2.27. The van der Waals surface area contributed by atoms with Crippen LogP contribution in [0.4, 0.5) is 10.1 Å². The van der Waals surface area contributed by atoms with Crippen molar-refractivity contribution < 1.29 is 18.4 Å². The van der Waals surface area contributed by atoms with Gasteiger partial charge in [-0.05, 0) is 41.9 Å². The van der Waals surface area contributed by atoms with Gasteiger partial charge in [0.1, 0.15) is 11.3 Å².